The zero-order valence-electron chi connectivity index (χ0n) is 18.7. The first-order chi connectivity index (χ1) is 15.7. The normalized spacial score (nSPS) is 14.8. The first-order valence-electron chi connectivity index (χ1n) is 11.5. The second kappa shape index (κ2) is 8.65. The minimum atomic E-state index is 0.0145. The fraction of sp³-hybridized carbons (Fsp3) is 0.400. The molecule has 1 saturated carbocycles. The maximum Gasteiger partial charge on any atom is 0.176 e. The third kappa shape index (κ3) is 3.72. The fourth-order valence-electron chi connectivity index (χ4n) is 4.62. The van der Waals surface area contributed by atoms with Crippen molar-refractivity contribution >= 4 is 22.8 Å². The first kappa shape index (κ1) is 20.5. The molecule has 1 aliphatic carbocycles. The van der Waals surface area contributed by atoms with Gasteiger partial charge in [-0.2, -0.15) is 0 Å². The van der Waals surface area contributed by atoms with E-state index in [0.717, 1.165) is 53.3 Å². The van der Waals surface area contributed by atoms with Crippen LogP contribution >= 0.6 is 0 Å². The second-order valence-corrected chi connectivity index (χ2v) is 8.56. The van der Waals surface area contributed by atoms with Gasteiger partial charge in [0.05, 0.1) is 24.0 Å². The molecule has 1 aliphatic rings. The van der Waals surface area contributed by atoms with Crippen LogP contribution in [0.4, 0.5) is 5.82 Å². The fourth-order valence-corrected chi connectivity index (χ4v) is 4.62. The number of nitrogens with one attached hydrogen (secondary N) is 1. The van der Waals surface area contributed by atoms with Crippen LogP contribution in [0, 0.1) is 0 Å². The van der Waals surface area contributed by atoms with E-state index < -0.39 is 0 Å². The number of nitrogens with zero attached hydrogens (tertiary/aromatic N) is 4. The predicted molar refractivity (Wildman–Crippen MR) is 126 cm³/mol. The van der Waals surface area contributed by atoms with Crippen LogP contribution in [-0.4, -0.2) is 37.2 Å². The van der Waals surface area contributed by atoms with Crippen LogP contribution in [0.5, 0.6) is 5.75 Å². The number of ketones is 1. The van der Waals surface area contributed by atoms with Crippen molar-refractivity contribution in [3.05, 3.63) is 48.7 Å². The summed E-state index contributed by atoms with van der Waals surface area (Å²) in [7, 11) is 0. The van der Waals surface area contributed by atoms with Crippen molar-refractivity contribution in [1.82, 2.24) is 18.8 Å². The van der Waals surface area contributed by atoms with Crippen LogP contribution in [-0.2, 0) is 0 Å². The van der Waals surface area contributed by atoms with Crippen molar-refractivity contribution in [2.45, 2.75) is 58.4 Å². The molecule has 166 valence electrons. The van der Waals surface area contributed by atoms with Crippen molar-refractivity contribution in [1.29, 1.82) is 0 Å². The number of hydrogen-bond donors (Lipinski definition) is 1. The van der Waals surface area contributed by atoms with Crippen molar-refractivity contribution in [3.63, 3.8) is 0 Å². The zero-order valence-corrected chi connectivity index (χ0v) is 18.7. The van der Waals surface area contributed by atoms with Gasteiger partial charge in [-0.15, -0.1) is 0 Å². The average molecular weight is 432 g/mol. The molecule has 0 aromatic carbocycles. The van der Waals surface area contributed by atoms with Gasteiger partial charge in [-0.3, -0.25) is 14.2 Å². The van der Waals surface area contributed by atoms with Crippen molar-refractivity contribution in [2.24, 2.45) is 0 Å². The van der Waals surface area contributed by atoms with E-state index in [-0.39, 0.29) is 5.78 Å². The summed E-state index contributed by atoms with van der Waals surface area (Å²) < 4.78 is 9.88. The summed E-state index contributed by atoms with van der Waals surface area (Å²) in [5.41, 5.74) is 4.07. The predicted octanol–water partition coefficient (Wildman–Crippen LogP) is 5.39. The average Bonchev–Trinajstić information content (AvgIpc) is 3.37. The molecule has 0 amide bonds. The van der Waals surface area contributed by atoms with Gasteiger partial charge in [-0.25, -0.2) is 4.98 Å². The molecule has 0 bridgehead atoms. The molecule has 0 spiro atoms. The highest BCUT2D eigenvalue weighted by Gasteiger charge is 2.23. The lowest BCUT2D eigenvalue weighted by atomic mass is 9.95. The summed E-state index contributed by atoms with van der Waals surface area (Å²) in [6.45, 7) is 4.34. The molecule has 1 fully saturated rings. The Morgan fingerprint density at radius 1 is 1.19 bits per heavy atom. The lowest BCUT2D eigenvalue weighted by molar-refractivity contribution is 0.101. The molecule has 4 aromatic heterocycles. The SMILES string of the molecule is CCCOc1ccn2c(C(C)=O)cc(-c3nc4cnccn4c3NC3CCCCC3)c2c1. The number of aromatic nitrogens is 4. The van der Waals surface area contributed by atoms with Gasteiger partial charge < -0.3 is 14.5 Å². The van der Waals surface area contributed by atoms with Crippen LogP contribution < -0.4 is 10.1 Å². The maximum atomic E-state index is 12.4. The molecule has 0 radical (unpaired) electrons. The molecule has 0 aliphatic heterocycles. The minimum absolute atomic E-state index is 0.0145. The minimum Gasteiger partial charge on any atom is -0.493 e. The Bertz CT molecular complexity index is 1270. The van der Waals surface area contributed by atoms with Crippen LogP contribution in [0.2, 0.25) is 0 Å². The summed E-state index contributed by atoms with van der Waals surface area (Å²) in [6.07, 6.45) is 14.4. The van der Waals surface area contributed by atoms with Crippen molar-refractivity contribution in [3.8, 4) is 17.0 Å². The first-order valence-corrected chi connectivity index (χ1v) is 11.5. The number of carbonyl (C=O) groups excluding carboxylic acids is 1. The lowest BCUT2D eigenvalue weighted by Gasteiger charge is -2.24. The molecule has 0 saturated heterocycles. The molecule has 7 heteroatoms. The highest BCUT2D eigenvalue weighted by Crippen LogP contribution is 2.36. The van der Waals surface area contributed by atoms with Gasteiger partial charge in [0.1, 0.15) is 17.3 Å². The molecular formula is C25H29N5O2. The molecular weight excluding hydrogens is 402 g/mol. The number of pyridine rings is 1. The van der Waals surface area contributed by atoms with Crippen LogP contribution in [0.15, 0.2) is 43.0 Å². The van der Waals surface area contributed by atoms with Crippen molar-refractivity contribution < 1.29 is 9.53 Å². The summed E-state index contributed by atoms with van der Waals surface area (Å²) >= 11 is 0. The molecule has 0 atom stereocenters. The summed E-state index contributed by atoms with van der Waals surface area (Å²) in [5, 5.41) is 3.77. The van der Waals surface area contributed by atoms with E-state index in [9.17, 15) is 4.79 Å². The number of rotatable bonds is 7. The third-order valence-corrected chi connectivity index (χ3v) is 6.21. The smallest absolute Gasteiger partial charge is 0.176 e. The number of carbonyl (C=O) groups is 1. The van der Waals surface area contributed by atoms with E-state index >= 15 is 0 Å². The molecule has 5 rings (SSSR count). The van der Waals surface area contributed by atoms with E-state index in [4.69, 9.17) is 9.72 Å². The number of hydrogen-bond acceptors (Lipinski definition) is 5. The van der Waals surface area contributed by atoms with Crippen molar-refractivity contribution in [2.75, 3.05) is 11.9 Å². The summed E-state index contributed by atoms with van der Waals surface area (Å²) in [5.74, 6) is 1.76. The largest absolute Gasteiger partial charge is 0.493 e. The van der Waals surface area contributed by atoms with Gasteiger partial charge in [0.25, 0.3) is 0 Å². The molecule has 4 heterocycles. The Kier molecular flexibility index (Phi) is 5.55. The maximum absolute atomic E-state index is 12.4. The molecule has 32 heavy (non-hydrogen) atoms. The van der Waals surface area contributed by atoms with Crippen LogP contribution in [0.3, 0.4) is 0 Å². The van der Waals surface area contributed by atoms with E-state index in [2.05, 4.69) is 21.6 Å². The zero-order chi connectivity index (χ0) is 22.1. The molecule has 4 aromatic rings. The highest BCUT2D eigenvalue weighted by atomic mass is 16.5. The quantitative estimate of drug-likeness (QED) is 0.398. The number of Topliss-reactive ketones (excluding diaryl/α,β-unsaturated/α-hetero) is 1. The Morgan fingerprint density at radius 2 is 2.03 bits per heavy atom. The van der Waals surface area contributed by atoms with Gasteiger partial charge >= 0.3 is 0 Å². The number of imidazole rings is 1. The van der Waals surface area contributed by atoms with E-state index in [0.29, 0.717) is 18.3 Å². The van der Waals surface area contributed by atoms with Crippen LogP contribution in [0.1, 0.15) is 62.9 Å². The molecule has 7 nitrogen and oxygen atoms in total. The van der Waals surface area contributed by atoms with Crippen LogP contribution in [0.25, 0.3) is 22.4 Å². The van der Waals surface area contributed by atoms with Gasteiger partial charge in [-0.05, 0) is 31.4 Å². The summed E-state index contributed by atoms with van der Waals surface area (Å²) in [4.78, 5) is 21.6. The van der Waals surface area contributed by atoms with Gasteiger partial charge in [0.2, 0.25) is 0 Å². The summed E-state index contributed by atoms with van der Waals surface area (Å²) in [6, 6.07) is 6.28. The molecule has 0 unspecified atom stereocenters. The highest BCUT2D eigenvalue weighted by molar-refractivity contribution is 5.99. The van der Waals surface area contributed by atoms with E-state index in [1.165, 1.54) is 19.3 Å². The lowest BCUT2D eigenvalue weighted by Crippen LogP contribution is -2.23. The van der Waals surface area contributed by atoms with E-state index in [1.807, 2.05) is 35.0 Å². The van der Waals surface area contributed by atoms with Gasteiger partial charge in [-0.1, -0.05) is 26.2 Å². The number of ether oxygens (including phenoxy) is 1. The monoisotopic (exact) mass is 431 g/mol. The number of fused-ring (bicyclic) bond motifs is 2. The second-order valence-electron chi connectivity index (χ2n) is 8.56. The molecule has 1 N–H and O–H groups in total. The van der Waals surface area contributed by atoms with Gasteiger partial charge in [0, 0.05) is 43.2 Å². The topological polar surface area (TPSA) is 72.9 Å². The third-order valence-electron chi connectivity index (χ3n) is 6.21. The van der Waals surface area contributed by atoms with E-state index in [1.54, 1.807) is 19.3 Å². The Labute approximate surface area is 187 Å². The van der Waals surface area contributed by atoms with Gasteiger partial charge in [0.15, 0.2) is 11.4 Å². The standard InChI is InChI=1S/C25H29N5O2/c1-3-13-32-19-9-11-29-21(17(2)31)15-20(22(29)14-19)24-25(27-18-7-5-4-6-8-18)30-12-10-26-16-23(30)28-24/h9-12,14-16,18,27H,3-8,13H2,1-2H3. The Hall–Kier alpha value is -3.35. The number of anilines is 1. The Morgan fingerprint density at radius 3 is 2.81 bits per heavy atom. The Balaban J connectivity index is 1.69.